The summed E-state index contributed by atoms with van der Waals surface area (Å²) in [6, 6.07) is 18.0. The SMILES string of the molecule is Cc1cc(C)n2c(SC(C)C(=O)Nc3ccccc3C(=O)c3ccccc3)nnc2n1. The highest BCUT2D eigenvalue weighted by Gasteiger charge is 2.21. The number of carbonyl (C=O) groups is 2. The zero-order chi connectivity index (χ0) is 22.0. The van der Waals surface area contributed by atoms with Crippen molar-refractivity contribution in [2.75, 3.05) is 5.32 Å². The Kier molecular flexibility index (Phi) is 5.81. The van der Waals surface area contributed by atoms with Crippen LogP contribution in [-0.4, -0.2) is 36.5 Å². The van der Waals surface area contributed by atoms with Crippen LogP contribution in [0, 0.1) is 13.8 Å². The van der Waals surface area contributed by atoms with Crippen LogP contribution in [0.15, 0.2) is 65.8 Å². The first kappa shape index (κ1) is 20.7. The first-order chi connectivity index (χ1) is 14.9. The minimum absolute atomic E-state index is 0.141. The predicted molar refractivity (Wildman–Crippen MR) is 121 cm³/mol. The molecule has 0 saturated carbocycles. The number of nitrogens with one attached hydrogen (secondary N) is 1. The maximum atomic E-state index is 12.9. The van der Waals surface area contributed by atoms with Crippen molar-refractivity contribution in [1.29, 1.82) is 0 Å². The number of hydrogen-bond donors (Lipinski definition) is 1. The van der Waals surface area contributed by atoms with Crippen LogP contribution in [0.2, 0.25) is 0 Å². The number of carbonyl (C=O) groups excluding carboxylic acids is 2. The van der Waals surface area contributed by atoms with E-state index in [0.717, 1.165) is 11.4 Å². The van der Waals surface area contributed by atoms with E-state index in [2.05, 4.69) is 20.5 Å². The second-order valence-electron chi connectivity index (χ2n) is 7.15. The van der Waals surface area contributed by atoms with Crippen molar-refractivity contribution in [1.82, 2.24) is 19.6 Å². The highest BCUT2D eigenvalue weighted by Crippen LogP contribution is 2.25. The highest BCUT2D eigenvalue weighted by molar-refractivity contribution is 8.00. The van der Waals surface area contributed by atoms with Gasteiger partial charge in [-0.3, -0.25) is 14.0 Å². The van der Waals surface area contributed by atoms with Gasteiger partial charge in [-0.15, -0.1) is 10.2 Å². The van der Waals surface area contributed by atoms with Crippen molar-refractivity contribution >= 4 is 34.9 Å². The second-order valence-corrected chi connectivity index (χ2v) is 8.45. The number of ketones is 1. The van der Waals surface area contributed by atoms with Crippen LogP contribution in [0.4, 0.5) is 5.69 Å². The largest absolute Gasteiger partial charge is 0.324 e. The molecule has 4 aromatic rings. The van der Waals surface area contributed by atoms with Crippen molar-refractivity contribution in [3.05, 3.63) is 83.2 Å². The second kappa shape index (κ2) is 8.69. The number of anilines is 1. The molecule has 1 amide bonds. The van der Waals surface area contributed by atoms with E-state index in [9.17, 15) is 9.59 Å². The number of rotatable bonds is 6. The number of para-hydroxylation sites is 1. The molecule has 0 spiro atoms. The van der Waals surface area contributed by atoms with Gasteiger partial charge in [-0.2, -0.15) is 0 Å². The molecule has 156 valence electrons. The molecule has 0 aliphatic rings. The molecule has 0 aliphatic carbocycles. The number of aromatic nitrogens is 4. The quantitative estimate of drug-likeness (QED) is 0.365. The summed E-state index contributed by atoms with van der Waals surface area (Å²) in [6.45, 7) is 5.64. The minimum atomic E-state index is -0.465. The predicted octanol–water partition coefficient (Wildman–Crippen LogP) is 4.09. The van der Waals surface area contributed by atoms with E-state index in [1.165, 1.54) is 11.8 Å². The number of thioether (sulfide) groups is 1. The van der Waals surface area contributed by atoms with Gasteiger partial charge in [-0.05, 0) is 39.0 Å². The highest BCUT2D eigenvalue weighted by atomic mass is 32.2. The number of amides is 1. The Morgan fingerprint density at radius 1 is 1.00 bits per heavy atom. The molecule has 0 bridgehead atoms. The lowest BCUT2D eigenvalue weighted by Crippen LogP contribution is -2.24. The Balaban J connectivity index is 1.54. The number of benzene rings is 2. The molecule has 0 saturated heterocycles. The summed E-state index contributed by atoms with van der Waals surface area (Å²) < 4.78 is 1.83. The molecule has 0 fully saturated rings. The molecule has 2 heterocycles. The Morgan fingerprint density at radius 2 is 1.71 bits per heavy atom. The maximum Gasteiger partial charge on any atom is 0.256 e. The fraction of sp³-hybridized carbons (Fsp3) is 0.174. The molecular weight excluding hydrogens is 410 g/mol. The summed E-state index contributed by atoms with van der Waals surface area (Å²) in [6.07, 6.45) is 0. The molecule has 2 aromatic heterocycles. The summed E-state index contributed by atoms with van der Waals surface area (Å²) >= 11 is 1.29. The molecule has 8 heteroatoms. The number of aryl methyl sites for hydroxylation is 2. The molecule has 4 rings (SSSR count). The number of fused-ring (bicyclic) bond motifs is 1. The number of hydrogen-bond acceptors (Lipinski definition) is 6. The number of nitrogens with zero attached hydrogens (tertiary/aromatic N) is 4. The summed E-state index contributed by atoms with van der Waals surface area (Å²) in [5, 5.41) is 11.3. The Bertz CT molecular complexity index is 1270. The van der Waals surface area contributed by atoms with Gasteiger partial charge < -0.3 is 5.32 Å². The van der Waals surface area contributed by atoms with Crippen molar-refractivity contribution < 1.29 is 9.59 Å². The van der Waals surface area contributed by atoms with Crippen LogP contribution in [0.1, 0.15) is 34.2 Å². The molecule has 31 heavy (non-hydrogen) atoms. The summed E-state index contributed by atoms with van der Waals surface area (Å²) in [7, 11) is 0. The molecule has 0 radical (unpaired) electrons. The fourth-order valence-corrected chi connectivity index (χ4v) is 4.16. The topological polar surface area (TPSA) is 89.2 Å². The first-order valence-electron chi connectivity index (χ1n) is 9.79. The van der Waals surface area contributed by atoms with Gasteiger partial charge >= 0.3 is 0 Å². The van der Waals surface area contributed by atoms with Gasteiger partial charge in [0.2, 0.25) is 5.91 Å². The Labute approximate surface area is 183 Å². The van der Waals surface area contributed by atoms with Crippen LogP contribution >= 0.6 is 11.8 Å². The van der Waals surface area contributed by atoms with Crippen molar-refractivity contribution in [3.63, 3.8) is 0 Å². The third kappa shape index (κ3) is 4.34. The molecule has 0 aliphatic heterocycles. The van der Waals surface area contributed by atoms with Gasteiger partial charge in [0.15, 0.2) is 10.9 Å². The van der Waals surface area contributed by atoms with Crippen molar-refractivity contribution in [2.45, 2.75) is 31.2 Å². The monoisotopic (exact) mass is 431 g/mol. The van der Waals surface area contributed by atoms with Gasteiger partial charge in [0.1, 0.15) is 0 Å². The van der Waals surface area contributed by atoms with Gasteiger partial charge in [-0.1, -0.05) is 54.2 Å². The smallest absolute Gasteiger partial charge is 0.256 e. The van der Waals surface area contributed by atoms with Crippen molar-refractivity contribution in [3.8, 4) is 0 Å². The minimum Gasteiger partial charge on any atom is -0.324 e. The van der Waals surface area contributed by atoms with E-state index >= 15 is 0 Å². The van der Waals surface area contributed by atoms with E-state index in [1.807, 2.05) is 42.5 Å². The third-order valence-corrected chi connectivity index (χ3v) is 5.82. The molecule has 1 atom stereocenters. The first-order valence-corrected chi connectivity index (χ1v) is 10.7. The van der Waals surface area contributed by atoms with Crippen LogP contribution < -0.4 is 5.32 Å². The Morgan fingerprint density at radius 3 is 2.48 bits per heavy atom. The normalized spacial score (nSPS) is 12.0. The lowest BCUT2D eigenvalue weighted by molar-refractivity contribution is -0.115. The maximum absolute atomic E-state index is 12.9. The standard InChI is InChI=1S/C23H21N5O2S/c1-14-13-15(2)28-22(24-14)26-27-23(28)31-16(3)21(30)25-19-12-8-7-11-18(19)20(29)17-9-5-4-6-10-17/h4-13,16H,1-3H3,(H,25,30). The Hall–Kier alpha value is -3.52. The molecule has 7 nitrogen and oxygen atoms in total. The van der Waals surface area contributed by atoms with Crippen LogP contribution in [-0.2, 0) is 4.79 Å². The zero-order valence-corrected chi connectivity index (χ0v) is 18.2. The molecule has 1 unspecified atom stereocenters. The lowest BCUT2D eigenvalue weighted by Gasteiger charge is -2.14. The van der Waals surface area contributed by atoms with E-state index in [1.54, 1.807) is 43.3 Å². The van der Waals surface area contributed by atoms with E-state index in [-0.39, 0.29) is 11.7 Å². The summed E-state index contributed by atoms with van der Waals surface area (Å²) in [5.41, 5.74) is 3.30. The van der Waals surface area contributed by atoms with Gasteiger partial charge in [0.25, 0.3) is 5.78 Å². The van der Waals surface area contributed by atoms with Crippen LogP contribution in [0.25, 0.3) is 5.78 Å². The lowest BCUT2D eigenvalue weighted by atomic mass is 10.0. The fourth-order valence-electron chi connectivity index (χ4n) is 3.26. The van der Waals surface area contributed by atoms with Crippen molar-refractivity contribution in [2.24, 2.45) is 0 Å². The molecular formula is C23H21N5O2S. The van der Waals surface area contributed by atoms with Crippen LogP contribution in [0.5, 0.6) is 0 Å². The molecule has 1 N–H and O–H groups in total. The average molecular weight is 432 g/mol. The average Bonchev–Trinajstić information content (AvgIpc) is 3.16. The van der Waals surface area contributed by atoms with Gasteiger partial charge in [-0.25, -0.2) is 4.98 Å². The van der Waals surface area contributed by atoms with E-state index in [4.69, 9.17) is 0 Å². The summed E-state index contributed by atoms with van der Waals surface area (Å²) in [4.78, 5) is 30.2. The van der Waals surface area contributed by atoms with E-state index < -0.39 is 5.25 Å². The zero-order valence-electron chi connectivity index (χ0n) is 17.4. The van der Waals surface area contributed by atoms with Crippen LogP contribution in [0.3, 0.4) is 0 Å². The van der Waals surface area contributed by atoms with Gasteiger partial charge in [0.05, 0.1) is 10.9 Å². The van der Waals surface area contributed by atoms with E-state index in [0.29, 0.717) is 27.7 Å². The third-order valence-electron chi connectivity index (χ3n) is 4.78. The summed E-state index contributed by atoms with van der Waals surface area (Å²) in [5.74, 6) is 0.136. The van der Waals surface area contributed by atoms with Gasteiger partial charge in [0, 0.05) is 22.5 Å². The molecule has 2 aromatic carbocycles.